The Morgan fingerprint density at radius 3 is 2.25 bits per heavy atom. The topological polar surface area (TPSA) is 58.6 Å². The van der Waals surface area contributed by atoms with Crippen LogP contribution in [-0.4, -0.2) is 22.7 Å². The van der Waals surface area contributed by atoms with Crippen molar-refractivity contribution in [3.05, 3.63) is 26.6 Å². The summed E-state index contributed by atoms with van der Waals surface area (Å²) in [7, 11) is 0. The van der Waals surface area contributed by atoms with Gasteiger partial charge in [-0.1, -0.05) is 0 Å². The average Bonchev–Trinajstić information content (AvgIpc) is 2.30. The number of ether oxygens (including phenoxy) is 1. The molecule has 0 bridgehead atoms. The lowest BCUT2D eigenvalue weighted by molar-refractivity contribution is -0.128. The van der Waals surface area contributed by atoms with Crippen molar-refractivity contribution in [1.29, 1.82) is 0 Å². The van der Waals surface area contributed by atoms with Crippen LogP contribution in [0.15, 0.2) is 21.1 Å². The summed E-state index contributed by atoms with van der Waals surface area (Å²) in [4.78, 5) is 12.0. The third-order valence-corrected chi connectivity index (χ3v) is 3.58. The molecule has 0 aromatic heterocycles. The first-order valence-electron chi connectivity index (χ1n) is 6.21. The minimum absolute atomic E-state index is 0.0580. The maximum absolute atomic E-state index is 12.0. The van der Waals surface area contributed by atoms with Gasteiger partial charge in [0.2, 0.25) is 0 Å². The number of benzene rings is 1. The molecule has 1 aromatic carbocycles. The van der Waals surface area contributed by atoms with E-state index < -0.39 is 6.10 Å². The molecular formula is C14H19Br2NO3. The smallest absolute Gasteiger partial charge is 0.261 e. The fourth-order valence-corrected chi connectivity index (χ4v) is 2.99. The van der Waals surface area contributed by atoms with Crippen molar-refractivity contribution in [3.63, 3.8) is 0 Å². The summed E-state index contributed by atoms with van der Waals surface area (Å²) in [6.45, 7) is 7.38. The standard InChI is InChI=1S/C14H19Br2NO3/c1-8(13(19)17-14(2,3)4)20-12-10(15)5-9(7-18)6-11(12)16/h5-6,8,18H,7H2,1-4H3,(H,17,19). The van der Waals surface area contributed by atoms with Gasteiger partial charge in [-0.25, -0.2) is 0 Å². The van der Waals surface area contributed by atoms with Crippen LogP contribution in [0.2, 0.25) is 0 Å². The largest absolute Gasteiger partial charge is 0.479 e. The SMILES string of the molecule is CC(Oc1c(Br)cc(CO)cc1Br)C(=O)NC(C)(C)C. The molecule has 0 aliphatic carbocycles. The van der Waals surface area contributed by atoms with Crippen LogP contribution in [0.3, 0.4) is 0 Å². The minimum atomic E-state index is -0.623. The minimum Gasteiger partial charge on any atom is -0.479 e. The van der Waals surface area contributed by atoms with Crippen molar-refractivity contribution in [3.8, 4) is 5.75 Å². The number of carbonyl (C=O) groups excluding carboxylic acids is 1. The zero-order chi connectivity index (χ0) is 15.5. The van der Waals surface area contributed by atoms with Gasteiger partial charge in [-0.05, 0) is 77.3 Å². The number of aliphatic hydroxyl groups is 1. The summed E-state index contributed by atoms with van der Waals surface area (Å²) in [5, 5.41) is 12.0. The van der Waals surface area contributed by atoms with Crippen molar-refractivity contribution in [2.24, 2.45) is 0 Å². The van der Waals surface area contributed by atoms with Crippen LogP contribution in [0, 0.1) is 0 Å². The van der Waals surface area contributed by atoms with E-state index in [9.17, 15) is 4.79 Å². The summed E-state index contributed by atoms with van der Waals surface area (Å²) in [6, 6.07) is 3.52. The van der Waals surface area contributed by atoms with Crippen molar-refractivity contribution in [1.82, 2.24) is 5.32 Å². The molecule has 1 unspecified atom stereocenters. The van der Waals surface area contributed by atoms with Gasteiger partial charge < -0.3 is 15.2 Å². The average molecular weight is 409 g/mol. The van der Waals surface area contributed by atoms with E-state index in [1.165, 1.54) is 0 Å². The first-order valence-corrected chi connectivity index (χ1v) is 7.80. The molecule has 1 aromatic rings. The highest BCUT2D eigenvalue weighted by Crippen LogP contribution is 2.35. The second kappa shape index (κ2) is 6.91. The van der Waals surface area contributed by atoms with E-state index in [0.29, 0.717) is 14.7 Å². The van der Waals surface area contributed by atoms with Crippen LogP contribution < -0.4 is 10.1 Å². The molecule has 0 saturated carbocycles. The van der Waals surface area contributed by atoms with Crippen molar-refractivity contribution in [2.45, 2.75) is 45.9 Å². The lowest BCUT2D eigenvalue weighted by atomic mass is 10.1. The van der Waals surface area contributed by atoms with E-state index in [-0.39, 0.29) is 18.1 Å². The van der Waals surface area contributed by atoms with Crippen molar-refractivity contribution in [2.75, 3.05) is 0 Å². The van der Waals surface area contributed by atoms with E-state index in [4.69, 9.17) is 9.84 Å². The molecule has 1 atom stereocenters. The molecule has 1 amide bonds. The van der Waals surface area contributed by atoms with Crippen LogP contribution in [0.5, 0.6) is 5.75 Å². The Bertz CT molecular complexity index is 475. The number of amides is 1. The first-order chi connectivity index (χ1) is 9.14. The molecule has 112 valence electrons. The Hall–Kier alpha value is -0.590. The second-order valence-electron chi connectivity index (χ2n) is 5.55. The normalized spacial score (nSPS) is 12.9. The summed E-state index contributed by atoms with van der Waals surface area (Å²) < 4.78 is 7.07. The summed E-state index contributed by atoms with van der Waals surface area (Å²) >= 11 is 6.76. The number of hydrogen-bond acceptors (Lipinski definition) is 3. The number of aliphatic hydroxyl groups excluding tert-OH is 1. The summed E-state index contributed by atoms with van der Waals surface area (Å²) in [6.07, 6.45) is -0.623. The molecule has 4 nitrogen and oxygen atoms in total. The van der Waals surface area contributed by atoms with E-state index in [1.54, 1.807) is 19.1 Å². The molecule has 1 rings (SSSR count). The van der Waals surface area contributed by atoms with E-state index in [2.05, 4.69) is 37.2 Å². The van der Waals surface area contributed by atoms with Gasteiger partial charge in [-0.15, -0.1) is 0 Å². The molecule has 0 aliphatic heterocycles. The Balaban J connectivity index is 2.86. The monoisotopic (exact) mass is 407 g/mol. The van der Waals surface area contributed by atoms with Crippen molar-refractivity contribution >= 4 is 37.8 Å². The van der Waals surface area contributed by atoms with Gasteiger partial charge in [0, 0.05) is 5.54 Å². The van der Waals surface area contributed by atoms with E-state index >= 15 is 0 Å². The highest BCUT2D eigenvalue weighted by atomic mass is 79.9. The zero-order valence-electron chi connectivity index (χ0n) is 12.0. The number of nitrogens with one attached hydrogen (secondary N) is 1. The predicted octanol–water partition coefficient (Wildman–Crippen LogP) is 3.39. The molecule has 20 heavy (non-hydrogen) atoms. The number of rotatable bonds is 4. The molecular weight excluding hydrogens is 390 g/mol. The molecule has 0 radical (unpaired) electrons. The van der Waals surface area contributed by atoms with Crippen LogP contribution in [0.4, 0.5) is 0 Å². The van der Waals surface area contributed by atoms with Gasteiger partial charge in [-0.2, -0.15) is 0 Å². The lowest BCUT2D eigenvalue weighted by Gasteiger charge is -2.24. The van der Waals surface area contributed by atoms with Crippen LogP contribution >= 0.6 is 31.9 Å². The number of halogens is 2. The van der Waals surface area contributed by atoms with Gasteiger partial charge in [-0.3, -0.25) is 4.79 Å². The zero-order valence-corrected chi connectivity index (χ0v) is 15.1. The van der Waals surface area contributed by atoms with Crippen LogP contribution in [0.1, 0.15) is 33.3 Å². The van der Waals surface area contributed by atoms with Gasteiger partial charge in [0.1, 0.15) is 5.75 Å². The molecule has 2 N–H and O–H groups in total. The highest BCUT2D eigenvalue weighted by molar-refractivity contribution is 9.11. The molecule has 0 heterocycles. The predicted molar refractivity (Wildman–Crippen MR) is 85.8 cm³/mol. The summed E-state index contributed by atoms with van der Waals surface area (Å²) in [5.74, 6) is 0.362. The Labute approximate surface area is 136 Å². The first kappa shape index (κ1) is 17.5. The van der Waals surface area contributed by atoms with E-state index in [0.717, 1.165) is 5.56 Å². The highest BCUT2D eigenvalue weighted by Gasteiger charge is 2.22. The lowest BCUT2D eigenvalue weighted by Crippen LogP contribution is -2.46. The third-order valence-electron chi connectivity index (χ3n) is 2.40. The van der Waals surface area contributed by atoms with Crippen LogP contribution in [-0.2, 0) is 11.4 Å². The molecule has 0 aliphatic rings. The Morgan fingerprint density at radius 2 is 1.85 bits per heavy atom. The van der Waals surface area contributed by atoms with Crippen LogP contribution in [0.25, 0.3) is 0 Å². The molecule has 0 fully saturated rings. The number of hydrogen-bond donors (Lipinski definition) is 2. The fourth-order valence-electron chi connectivity index (χ4n) is 1.52. The van der Waals surface area contributed by atoms with Gasteiger partial charge in [0.05, 0.1) is 15.6 Å². The molecule has 6 heteroatoms. The second-order valence-corrected chi connectivity index (χ2v) is 7.25. The maximum Gasteiger partial charge on any atom is 0.261 e. The van der Waals surface area contributed by atoms with E-state index in [1.807, 2.05) is 20.8 Å². The van der Waals surface area contributed by atoms with Gasteiger partial charge >= 0.3 is 0 Å². The maximum atomic E-state index is 12.0. The third kappa shape index (κ3) is 5.07. The molecule has 0 saturated heterocycles. The summed E-state index contributed by atoms with van der Waals surface area (Å²) in [5.41, 5.74) is 0.451. The quantitative estimate of drug-likeness (QED) is 0.802. The molecule has 0 spiro atoms. The van der Waals surface area contributed by atoms with Gasteiger partial charge in [0.25, 0.3) is 5.91 Å². The fraction of sp³-hybridized carbons (Fsp3) is 0.500. The van der Waals surface area contributed by atoms with Crippen molar-refractivity contribution < 1.29 is 14.6 Å². The van der Waals surface area contributed by atoms with Gasteiger partial charge in [0.15, 0.2) is 6.10 Å². The number of carbonyl (C=O) groups is 1. The Kier molecular flexibility index (Phi) is 6.04. The Morgan fingerprint density at radius 1 is 1.35 bits per heavy atom.